The van der Waals surface area contributed by atoms with E-state index in [1.165, 1.54) is 15.3 Å². The van der Waals surface area contributed by atoms with Crippen LogP contribution in [0.25, 0.3) is 0 Å². The standard InChI is InChI=1S/C17H23NO2S/c1-3-14-5-4-6-16(9-14)20-12-15(19)10-18-11-17-8-7-13(2)21-17/h4-9,15,18-19H,3,10-12H2,1-2H3. The first kappa shape index (κ1) is 16.0. The third kappa shape index (κ3) is 5.50. The molecule has 0 saturated carbocycles. The summed E-state index contributed by atoms with van der Waals surface area (Å²) in [6, 6.07) is 12.2. The smallest absolute Gasteiger partial charge is 0.119 e. The molecule has 0 spiro atoms. The highest BCUT2D eigenvalue weighted by molar-refractivity contribution is 7.11. The summed E-state index contributed by atoms with van der Waals surface area (Å²) >= 11 is 1.78. The van der Waals surface area contributed by atoms with Gasteiger partial charge < -0.3 is 15.2 Å². The summed E-state index contributed by atoms with van der Waals surface area (Å²) in [6.07, 6.45) is 0.484. The molecule has 1 unspecified atom stereocenters. The lowest BCUT2D eigenvalue weighted by atomic mass is 10.2. The Kier molecular flexibility index (Phi) is 6.23. The van der Waals surface area contributed by atoms with Gasteiger partial charge in [-0.15, -0.1) is 11.3 Å². The maximum Gasteiger partial charge on any atom is 0.119 e. The molecule has 0 radical (unpaired) electrons. The number of thiophene rings is 1. The minimum atomic E-state index is -0.503. The van der Waals surface area contributed by atoms with E-state index in [1.807, 2.05) is 18.2 Å². The second-order valence-corrected chi connectivity index (χ2v) is 6.48. The van der Waals surface area contributed by atoms with E-state index < -0.39 is 6.10 Å². The molecule has 0 aliphatic rings. The fraction of sp³-hybridized carbons (Fsp3) is 0.412. The normalized spacial score (nSPS) is 12.3. The predicted molar refractivity (Wildman–Crippen MR) is 88.1 cm³/mol. The first-order valence-corrected chi connectivity index (χ1v) is 8.15. The zero-order valence-electron chi connectivity index (χ0n) is 12.6. The topological polar surface area (TPSA) is 41.5 Å². The number of hydrogen-bond donors (Lipinski definition) is 2. The van der Waals surface area contributed by atoms with E-state index >= 15 is 0 Å². The Hall–Kier alpha value is -1.36. The Morgan fingerprint density at radius 3 is 2.86 bits per heavy atom. The van der Waals surface area contributed by atoms with E-state index in [2.05, 4.69) is 37.4 Å². The van der Waals surface area contributed by atoms with E-state index in [-0.39, 0.29) is 0 Å². The molecule has 0 bridgehead atoms. The monoisotopic (exact) mass is 305 g/mol. The fourth-order valence-corrected chi connectivity index (χ4v) is 2.91. The molecule has 1 aromatic carbocycles. The second-order valence-electron chi connectivity index (χ2n) is 5.11. The number of aryl methyl sites for hydroxylation is 2. The Bertz CT molecular complexity index is 553. The Morgan fingerprint density at radius 1 is 1.29 bits per heavy atom. The van der Waals surface area contributed by atoms with Gasteiger partial charge in [-0.2, -0.15) is 0 Å². The van der Waals surface area contributed by atoms with Crippen molar-refractivity contribution in [3.8, 4) is 5.75 Å². The quantitative estimate of drug-likeness (QED) is 0.787. The third-order valence-electron chi connectivity index (χ3n) is 3.22. The average Bonchev–Trinajstić information content (AvgIpc) is 2.91. The van der Waals surface area contributed by atoms with Crippen LogP contribution in [0, 0.1) is 6.92 Å². The van der Waals surface area contributed by atoms with Crippen molar-refractivity contribution in [1.82, 2.24) is 5.32 Å². The number of nitrogens with one attached hydrogen (secondary N) is 1. The molecule has 2 rings (SSSR count). The zero-order chi connectivity index (χ0) is 15.1. The minimum Gasteiger partial charge on any atom is -0.491 e. The van der Waals surface area contributed by atoms with Crippen LogP contribution in [0.15, 0.2) is 36.4 Å². The lowest BCUT2D eigenvalue weighted by molar-refractivity contribution is 0.106. The van der Waals surface area contributed by atoms with Crippen molar-refractivity contribution in [2.45, 2.75) is 32.9 Å². The van der Waals surface area contributed by atoms with Gasteiger partial charge in [0.05, 0.1) is 0 Å². The van der Waals surface area contributed by atoms with Crippen LogP contribution in [0.5, 0.6) is 5.75 Å². The first-order chi connectivity index (χ1) is 10.2. The van der Waals surface area contributed by atoms with Crippen molar-refractivity contribution in [1.29, 1.82) is 0 Å². The molecule has 114 valence electrons. The van der Waals surface area contributed by atoms with Crippen molar-refractivity contribution >= 4 is 11.3 Å². The molecular weight excluding hydrogens is 282 g/mol. The molecule has 0 aliphatic carbocycles. The van der Waals surface area contributed by atoms with E-state index in [4.69, 9.17) is 4.74 Å². The van der Waals surface area contributed by atoms with Crippen LogP contribution in [0.4, 0.5) is 0 Å². The van der Waals surface area contributed by atoms with Gasteiger partial charge in [-0.3, -0.25) is 0 Å². The average molecular weight is 305 g/mol. The maximum absolute atomic E-state index is 9.94. The number of benzene rings is 1. The van der Waals surface area contributed by atoms with Crippen molar-refractivity contribution in [2.24, 2.45) is 0 Å². The summed E-state index contributed by atoms with van der Waals surface area (Å²) in [4.78, 5) is 2.60. The molecule has 3 nitrogen and oxygen atoms in total. The number of hydrogen-bond acceptors (Lipinski definition) is 4. The molecule has 1 atom stereocenters. The van der Waals surface area contributed by atoms with E-state index in [9.17, 15) is 5.11 Å². The Morgan fingerprint density at radius 2 is 2.14 bits per heavy atom. The number of aliphatic hydroxyl groups excluding tert-OH is 1. The summed E-state index contributed by atoms with van der Waals surface area (Å²) in [7, 11) is 0. The number of ether oxygens (including phenoxy) is 1. The SMILES string of the molecule is CCc1cccc(OCC(O)CNCc2ccc(C)s2)c1. The molecule has 2 aromatic rings. The molecule has 0 amide bonds. The van der Waals surface area contributed by atoms with Crippen molar-refractivity contribution in [3.05, 3.63) is 51.7 Å². The van der Waals surface area contributed by atoms with E-state index in [0.29, 0.717) is 13.2 Å². The van der Waals surface area contributed by atoms with Crippen LogP contribution in [-0.2, 0) is 13.0 Å². The summed E-state index contributed by atoms with van der Waals surface area (Å²) in [5, 5.41) is 13.2. The number of rotatable bonds is 8. The van der Waals surface area contributed by atoms with Gasteiger partial charge in [-0.25, -0.2) is 0 Å². The van der Waals surface area contributed by atoms with Gasteiger partial charge in [0, 0.05) is 22.8 Å². The summed E-state index contributed by atoms with van der Waals surface area (Å²) in [5.41, 5.74) is 1.24. The van der Waals surface area contributed by atoms with Crippen molar-refractivity contribution in [3.63, 3.8) is 0 Å². The summed E-state index contributed by atoms with van der Waals surface area (Å²) < 4.78 is 5.63. The summed E-state index contributed by atoms with van der Waals surface area (Å²) in [5.74, 6) is 0.822. The first-order valence-electron chi connectivity index (χ1n) is 7.33. The molecule has 0 saturated heterocycles. The predicted octanol–water partition coefficient (Wildman–Crippen LogP) is 3.15. The van der Waals surface area contributed by atoms with Crippen molar-refractivity contribution in [2.75, 3.05) is 13.2 Å². The van der Waals surface area contributed by atoms with Crippen LogP contribution < -0.4 is 10.1 Å². The van der Waals surface area contributed by atoms with Crippen LogP contribution >= 0.6 is 11.3 Å². The summed E-state index contributed by atoms with van der Waals surface area (Å²) in [6.45, 7) is 5.85. The van der Waals surface area contributed by atoms with Gasteiger partial charge in [0.2, 0.25) is 0 Å². The highest BCUT2D eigenvalue weighted by Crippen LogP contribution is 2.15. The van der Waals surface area contributed by atoms with Gasteiger partial charge in [-0.05, 0) is 43.2 Å². The van der Waals surface area contributed by atoms with Crippen molar-refractivity contribution < 1.29 is 9.84 Å². The minimum absolute atomic E-state index is 0.309. The zero-order valence-corrected chi connectivity index (χ0v) is 13.5. The second kappa shape index (κ2) is 8.17. The molecule has 0 fully saturated rings. The Balaban J connectivity index is 1.68. The van der Waals surface area contributed by atoms with Gasteiger partial charge in [-0.1, -0.05) is 19.1 Å². The molecule has 1 heterocycles. The number of aliphatic hydroxyl groups is 1. The molecule has 21 heavy (non-hydrogen) atoms. The highest BCUT2D eigenvalue weighted by Gasteiger charge is 2.06. The van der Waals surface area contributed by atoms with Gasteiger partial charge in [0.15, 0.2) is 0 Å². The molecule has 4 heteroatoms. The maximum atomic E-state index is 9.94. The van der Waals surface area contributed by atoms with Crippen LogP contribution in [0.2, 0.25) is 0 Å². The molecule has 2 N–H and O–H groups in total. The van der Waals surface area contributed by atoms with Crippen LogP contribution in [-0.4, -0.2) is 24.4 Å². The Labute approximate surface area is 130 Å². The van der Waals surface area contributed by atoms with Gasteiger partial charge in [0.1, 0.15) is 18.5 Å². The molecule has 0 aliphatic heterocycles. The lowest BCUT2D eigenvalue weighted by Crippen LogP contribution is -2.31. The highest BCUT2D eigenvalue weighted by atomic mass is 32.1. The molecular formula is C17H23NO2S. The largest absolute Gasteiger partial charge is 0.491 e. The van der Waals surface area contributed by atoms with Crippen LogP contribution in [0.1, 0.15) is 22.2 Å². The lowest BCUT2D eigenvalue weighted by Gasteiger charge is -2.13. The molecule has 1 aromatic heterocycles. The van der Waals surface area contributed by atoms with Gasteiger partial charge in [0.25, 0.3) is 0 Å². The van der Waals surface area contributed by atoms with Crippen LogP contribution in [0.3, 0.4) is 0 Å². The van der Waals surface area contributed by atoms with E-state index in [1.54, 1.807) is 11.3 Å². The van der Waals surface area contributed by atoms with Gasteiger partial charge >= 0.3 is 0 Å². The van der Waals surface area contributed by atoms with E-state index in [0.717, 1.165) is 18.7 Å². The fourth-order valence-electron chi connectivity index (χ4n) is 2.05. The third-order valence-corrected chi connectivity index (χ3v) is 4.22.